The van der Waals surface area contributed by atoms with E-state index in [0.29, 0.717) is 0 Å². The lowest BCUT2D eigenvalue weighted by Crippen LogP contribution is -2.72. The number of imidazole rings is 1. The Morgan fingerprint density at radius 2 is 1.47 bits per heavy atom. The summed E-state index contributed by atoms with van der Waals surface area (Å²) in [6.07, 6.45) is 2.50. The summed E-state index contributed by atoms with van der Waals surface area (Å²) in [7, 11) is -1.71. The molecule has 4 nitrogen and oxygen atoms in total. The highest BCUT2D eigenvalue weighted by Crippen LogP contribution is 2.53. The molecule has 8 aromatic rings. The molecule has 10 rings (SSSR count). The molecule has 0 saturated heterocycles. The van der Waals surface area contributed by atoms with E-state index in [4.69, 9.17) is 4.42 Å². The number of hydrogen-bond acceptors (Lipinski definition) is 1. The van der Waals surface area contributed by atoms with Crippen LogP contribution in [0.3, 0.4) is 0 Å². The number of benzene rings is 5. The second-order valence-electron chi connectivity index (χ2n) is 16.8. The van der Waals surface area contributed by atoms with Crippen LogP contribution in [0.25, 0.3) is 61.3 Å². The summed E-state index contributed by atoms with van der Waals surface area (Å²) in [6, 6.07) is 40.9. The van der Waals surface area contributed by atoms with E-state index in [1.165, 1.54) is 61.0 Å². The Hall–Kier alpha value is -5.26. The third kappa shape index (κ3) is 3.85. The largest absolute Gasteiger partial charge is 0.455 e. The van der Waals surface area contributed by atoms with Gasteiger partial charge in [-0.15, -0.1) is 9.13 Å². The quantitative estimate of drug-likeness (QED) is 0.132. The van der Waals surface area contributed by atoms with Gasteiger partial charge in [0.2, 0.25) is 5.69 Å². The second-order valence-corrected chi connectivity index (χ2v) is 21.9. The molecule has 0 bridgehead atoms. The van der Waals surface area contributed by atoms with Gasteiger partial charge in [-0.05, 0) is 78.4 Å². The topological polar surface area (TPSA) is 25.8 Å². The van der Waals surface area contributed by atoms with Gasteiger partial charge in [-0.1, -0.05) is 101 Å². The van der Waals surface area contributed by atoms with E-state index < -0.39 is 13.7 Å². The summed E-state index contributed by atoms with van der Waals surface area (Å²) < 4.78 is 14.8. The van der Waals surface area contributed by atoms with Gasteiger partial charge in [-0.2, -0.15) is 4.57 Å². The van der Waals surface area contributed by atoms with Gasteiger partial charge >= 0.3 is 11.5 Å². The molecule has 3 aromatic heterocycles. The highest BCUT2D eigenvalue weighted by Gasteiger charge is 2.67. The van der Waals surface area contributed by atoms with Crippen molar-refractivity contribution in [2.75, 3.05) is 0 Å². The van der Waals surface area contributed by atoms with Gasteiger partial charge in [0.1, 0.15) is 16.8 Å². The Morgan fingerprint density at radius 3 is 2.24 bits per heavy atom. The SMILES string of the molecule is Cc1cccc(C)c1-n1c2[n+](c3ccccc31)C1(c3cc(C(C)(C)C)ccc3-c3ccc([Si](C)(C)C)c[n+]31)c1ccc3c(oc4ccccc43)c1-2. The van der Waals surface area contributed by atoms with Crippen LogP contribution >= 0.6 is 0 Å². The molecule has 0 N–H and O–H groups in total. The summed E-state index contributed by atoms with van der Waals surface area (Å²) in [5.41, 5.74) is 14.8. The maximum Gasteiger partial charge on any atom is 0.364 e. The van der Waals surface area contributed by atoms with E-state index in [1.54, 1.807) is 0 Å². The maximum absolute atomic E-state index is 7.01. The van der Waals surface area contributed by atoms with Crippen LogP contribution in [0.15, 0.2) is 120 Å². The van der Waals surface area contributed by atoms with E-state index in [-0.39, 0.29) is 5.41 Å². The van der Waals surface area contributed by atoms with Gasteiger partial charge in [0.05, 0.1) is 24.8 Å². The third-order valence-corrected chi connectivity index (χ3v) is 13.6. The number of furan rings is 1. The smallest absolute Gasteiger partial charge is 0.364 e. The summed E-state index contributed by atoms with van der Waals surface area (Å²) in [4.78, 5) is 0. The van der Waals surface area contributed by atoms with E-state index in [2.05, 4.69) is 183 Å². The molecule has 0 fully saturated rings. The van der Waals surface area contributed by atoms with Crippen LogP contribution in [0.4, 0.5) is 0 Å². The molecule has 5 heterocycles. The van der Waals surface area contributed by atoms with Crippen molar-refractivity contribution in [1.82, 2.24) is 4.57 Å². The maximum atomic E-state index is 7.01. The zero-order chi connectivity index (χ0) is 35.2. The minimum Gasteiger partial charge on any atom is -0.455 e. The number of aryl methyl sites for hydroxylation is 2. The molecule has 1 atom stereocenters. The standard InChI is InChI=1S/C46H43N3OSi/c1-28-14-13-15-29(2)42(28)48-38-17-10-11-18-39(38)49-44(48)41-35(24-23-33-32-16-9-12-19-40(32)50-43(33)41)46(49)36-26-30(45(3,4)5)20-22-34(36)37-25-21-31(27-47(37)46)51(6,7)8/h9-27H,1-8H3/q+2. The highest BCUT2D eigenvalue weighted by molar-refractivity contribution is 6.88. The molecule has 51 heavy (non-hydrogen) atoms. The van der Waals surface area contributed by atoms with Gasteiger partial charge in [-0.3, -0.25) is 0 Å². The van der Waals surface area contributed by atoms with Crippen LogP contribution in [0.2, 0.25) is 19.6 Å². The number of fused-ring (bicyclic) bond motifs is 16. The lowest BCUT2D eigenvalue weighted by atomic mass is 9.82. The Bertz CT molecular complexity index is 2720. The van der Waals surface area contributed by atoms with Crippen molar-refractivity contribution in [2.24, 2.45) is 0 Å². The van der Waals surface area contributed by atoms with Gasteiger partial charge in [0.25, 0.3) is 0 Å². The zero-order valence-electron chi connectivity index (χ0n) is 30.7. The van der Waals surface area contributed by atoms with E-state index in [1.807, 2.05) is 0 Å². The van der Waals surface area contributed by atoms with E-state index in [0.717, 1.165) is 33.3 Å². The first-order valence-corrected chi connectivity index (χ1v) is 21.7. The number of hydrogen-bond donors (Lipinski definition) is 0. The lowest BCUT2D eigenvalue weighted by Gasteiger charge is -2.24. The normalized spacial score (nSPS) is 16.3. The predicted octanol–water partition coefficient (Wildman–Crippen LogP) is 9.82. The number of rotatable bonds is 2. The Morgan fingerprint density at radius 1 is 0.725 bits per heavy atom. The lowest BCUT2D eigenvalue weighted by molar-refractivity contribution is -0.944. The Kier molecular flexibility index (Phi) is 5.96. The number of para-hydroxylation sites is 4. The second kappa shape index (κ2) is 9.95. The van der Waals surface area contributed by atoms with Crippen molar-refractivity contribution in [2.45, 2.75) is 65.3 Å². The molecule has 2 aliphatic heterocycles. The molecule has 1 spiro atoms. The van der Waals surface area contributed by atoms with Crippen LogP contribution in [-0.4, -0.2) is 12.6 Å². The Balaban J connectivity index is 1.50. The first-order valence-electron chi connectivity index (χ1n) is 18.2. The van der Waals surface area contributed by atoms with Crippen molar-refractivity contribution in [3.63, 3.8) is 0 Å². The van der Waals surface area contributed by atoms with Gasteiger partial charge in [0.15, 0.2) is 22.8 Å². The van der Waals surface area contributed by atoms with Crippen LogP contribution in [0, 0.1) is 13.8 Å². The summed E-state index contributed by atoms with van der Waals surface area (Å²) in [5, 5.41) is 3.73. The minimum atomic E-state index is -1.71. The molecular formula is C46H43N3OSi+2. The number of pyridine rings is 1. The number of nitrogens with zero attached hydrogens (tertiary/aromatic N) is 3. The fourth-order valence-corrected chi connectivity index (χ4v) is 10.2. The fraction of sp³-hybridized carbons (Fsp3) is 0.217. The molecule has 1 unspecified atom stereocenters. The van der Waals surface area contributed by atoms with Crippen molar-refractivity contribution in [3.05, 3.63) is 143 Å². The highest BCUT2D eigenvalue weighted by atomic mass is 28.3. The molecule has 5 aromatic carbocycles. The average molecular weight is 682 g/mol. The molecule has 250 valence electrons. The minimum absolute atomic E-state index is 0.0248. The first kappa shape index (κ1) is 30.6. The van der Waals surface area contributed by atoms with Crippen molar-refractivity contribution in [1.29, 1.82) is 0 Å². The van der Waals surface area contributed by atoms with Crippen LogP contribution in [0.5, 0.6) is 0 Å². The van der Waals surface area contributed by atoms with E-state index in [9.17, 15) is 0 Å². The third-order valence-electron chi connectivity index (χ3n) is 11.6. The van der Waals surface area contributed by atoms with Crippen LogP contribution in [0.1, 0.15) is 48.6 Å². The summed E-state index contributed by atoms with van der Waals surface area (Å²) >= 11 is 0. The molecule has 5 heteroatoms. The molecule has 0 saturated carbocycles. The molecule has 0 amide bonds. The van der Waals surface area contributed by atoms with Gasteiger partial charge in [0, 0.05) is 22.0 Å². The molecule has 2 aliphatic rings. The molecule has 0 radical (unpaired) electrons. The number of aromatic nitrogens is 3. The monoisotopic (exact) mass is 681 g/mol. The van der Waals surface area contributed by atoms with Crippen LogP contribution in [-0.2, 0) is 11.1 Å². The van der Waals surface area contributed by atoms with Gasteiger partial charge < -0.3 is 4.42 Å². The Labute approximate surface area is 300 Å². The summed E-state index contributed by atoms with van der Waals surface area (Å²) in [5.74, 6) is 1.15. The van der Waals surface area contributed by atoms with Crippen LogP contribution < -0.4 is 14.3 Å². The predicted molar refractivity (Wildman–Crippen MR) is 211 cm³/mol. The molecular weight excluding hydrogens is 639 g/mol. The fourth-order valence-electron chi connectivity index (χ4n) is 9.12. The van der Waals surface area contributed by atoms with Crippen molar-refractivity contribution >= 4 is 46.2 Å². The van der Waals surface area contributed by atoms with Gasteiger partial charge in [-0.25, -0.2) is 0 Å². The zero-order valence-corrected chi connectivity index (χ0v) is 31.7. The average Bonchev–Trinajstić information content (AvgIpc) is 3.80. The van der Waals surface area contributed by atoms with Crippen molar-refractivity contribution < 1.29 is 13.6 Å². The van der Waals surface area contributed by atoms with E-state index >= 15 is 0 Å². The van der Waals surface area contributed by atoms with Crippen molar-refractivity contribution in [3.8, 4) is 28.3 Å². The first-order chi connectivity index (χ1) is 24.4. The molecule has 0 aliphatic carbocycles. The summed E-state index contributed by atoms with van der Waals surface area (Å²) in [6.45, 7) is 18.8.